The maximum absolute atomic E-state index is 13.4. The van der Waals surface area contributed by atoms with E-state index in [1.807, 2.05) is 13.8 Å². The Morgan fingerprint density at radius 3 is 2.16 bits per heavy atom. The molecule has 0 spiro atoms. The first-order valence-corrected chi connectivity index (χ1v) is 11.6. The molecular formula is C25H28F6N4O2. The van der Waals surface area contributed by atoms with Crippen molar-refractivity contribution in [2.24, 2.45) is 5.92 Å². The molecule has 0 saturated carbocycles. The van der Waals surface area contributed by atoms with Crippen LogP contribution in [0.1, 0.15) is 69.6 Å². The number of alkyl carbamates (subject to hydrolysis) is 1. The van der Waals surface area contributed by atoms with Crippen molar-refractivity contribution in [1.82, 2.24) is 19.9 Å². The van der Waals surface area contributed by atoms with Crippen LogP contribution in [0.2, 0.25) is 0 Å². The van der Waals surface area contributed by atoms with E-state index in [0.29, 0.717) is 24.1 Å². The SMILES string of the molecule is CCC(C)C(NC(=O)OC(C)(C)C)c1nc2cccnc2n1Cc1cc(C(F)(F)F)cc(C(F)(F)F)c1. The van der Waals surface area contributed by atoms with Gasteiger partial charge in [0.2, 0.25) is 0 Å². The highest BCUT2D eigenvalue weighted by Crippen LogP contribution is 2.37. The lowest BCUT2D eigenvalue weighted by atomic mass is 9.98. The molecule has 6 nitrogen and oxygen atoms in total. The third-order valence-corrected chi connectivity index (χ3v) is 5.68. The van der Waals surface area contributed by atoms with Crippen LogP contribution in [0.4, 0.5) is 31.1 Å². The summed E-state index contributed by atoms with van der Waals surface area (Å²) in [6.07, 6.45) is -8.67. The van der Waals surface area contributed by atoms with Crippen LogP contribution >= 0.6 is 0 Å². The molecule has 1 amide bonds. The predicted molar refractivity (Wildman–Crippen MR) is 125 cm³/mol. The molecule has 0 fully saturated rings. The Morgan fingerprint density at radius 2 is 1.65 bits per heavy atom. The molecule has 2 atom stereocenters. The number of hydrogen-bond acceptors (Lipinski definition) is 4. The first-order valence-electron chi connectivity index (χ1n) is 11.6. The van der Waals surface area contributed by atoms with Gasteiger partial charge in [-0.1, -0.05) is 20.3 Å². The van der Waals surface area contributed by atoms with E-state index in [2.05, 4.69) is 15.3 Å². The van der Waals surface area contributed by atoms with Crippen LogP contribution in [0.3, 0.4) is 0 Å². The van der Waals surface area contributed by atoms with E-state index in [-0.39, 0.29) is 29.0 Å². The number of nitrogens with one attached hydrogen (secondary N) is 1. The summed E-state index contributed by atoms with van der Waals surface area (Å²) in [4.78, 5) is 21.4. The van der Waals surface area contributed by atoms with Crippen LogP contribution in [-0.2, 0) is 23.6 Å². The number of fused-ring (bicyclic) bond motifs is 1. The number of carbonyl (C=O) groups excluding carboxylic acids is 1. The minimum atomic E-state index is -4.98. The van der Waals surface area contributed by atoms with Crippen molar-refractivity contribution in [1.29, 1.82) is 0 Å². The van der Waals surface area contributed by atoms with Gasteiger partial charge in [-0.25, -0.2) is 14.8 Å². The number of halogens is 6. The van der Waals surface area contributed by atoms with Crippen LogP contribution in [0, 0.1) is 5.92 Å². The third-order valence-electron chi connectivity index (χ3n) is 5.68. The van der Waals surface area contributed by atoms with Crippen molar-refractivity contribution >= 4 is 17.3 Å². The quantitative estimate of drug-likeness (QED) is 0.344. The maximum atomic E-state index is 13.4. The smallest absolute Gasteiger partial charge is 0.416 e. The van der Waals surface area contributed by atoms with E-state index in [0.717, 1.165) is 0 Å². The lowest BCUT2D eigenvalue weighted by Gasteiger charge is -2.27. The molecular weight excluding hydrogens is 502 g/mol. The highest BCUT2D eigenvalue weighted by molar-refractivity contribution is 5.72. The van der Waals surface area contributed by atoms with E-state index in [9.17, 15) is 31.1 Å². The number of alkyl halides is 6. The highest BCUT2D eigenvalue weighted by atomic mass is 19.4. The summed E-state index contributed by atoms with van der Waals surface area (Å²) in [5.41, 5.74) is -3.24. The summed E-state index contributed by atoms with van der Waals surface area (Å²) >= 11 is 0. The molecule has 0 aliphatic rings. The number of benzene rings is 1. The topological polar surface area (TPSA) is 69.0 Å². The Hall–Kier alpha value is -3.31. The molecule has 0 saturated heterocycles. The van der Waals surface area contributed by atoms with Crippen LogP contribution in [0.15, 0.2) is 36.5 Å². The lowest BCUT2D eigenvalue weighted by molar-refractivity contribution is -0.143. The Bertz CT molecular complexity index is 1230. The summed E-state index contributed by atoms with van der Waals surface area (Å²) in [6.45, 7) is 8.40. The summed E-state index contributed by atoms with van der Waals surface area (Å²) in [5.74, 6) is 0.0233. The van der Waals surface area contributed by atoms with Crippen LogP contribution in [-0.4, -0.2) is 26.2 Å². The Morgan fingerprint density at radius 1 is 1.05 bits per heavy atom. The number of pyridine rings is 1. The van der Waals surface area contributed by atoms with Gasteiger partial charge in [0.25, 0.3) is 0 Å². The van der Waals surface area contributed by atoms with Crippen LogP contribution in [0.5, 0.6) is 0 Å². The van der Waals surface area contributed by atoms with E-state index < -0.39 is 47.8 Å². The first kappa shape index (κ1) is 28.3. The number of imidazole rings is 1. The normalized spacial score (nSPS) is 14.5. The molecule has 1 N–H and O–H groups in total. The number of nitrogens with zero attached hydrogens (tertiary/aromatic N) is 3. The van der Waals surface area contributed by atoms with Gasteiger partial charge in [-0.05, 0) is 62.6 Å². The molecule has 0 aliphatic carbocycles. The van der Waals surface area contributed by atoms with E-state index in [4.69, 9.17) is 4.74 Å². The Balaban J connectivity index is 2.16. The highest BCUT2D eigenvalue weighted by Gasteiger charge is 2.37. The van der Waals surface area contributed by atoms with Crippen molar-refractivity contribution in [3.8, 4) is 0 Å². The monoisotopic (exact) mass is 530 g/mol. The minimum absolute atomic E-state index is 0.0840. The summed E-state index contributed by atoms with van der Waals surface area (Å²) in [5, 5.41) is 2.77. The van der Waals surface area contributed by atoms with Gasteiger partial charge >= 0.3 is 18.4 Å². The molecule has 3 aromatic rings. The molecule has 1 aromatic carbocycles. The second kappa shape index (κ2) is 10.2. The molecule has 3 rings (SSSR count). The molecule has 2 heterocycles. The largest absolute Gasteiger partial charge is 0.444 e. The molecule has 37 heavy (non-hydrogen) atoms. The molecule has 2 unspecified atom stereocenters. The number of hydrogen-bond donors (Lipinski definition) is 1. The average molecular weight is 531 g/mol. The first-order chi connectivity index (χ1) is 17.0. The van der Waals surface area contributed by atoms with E-state index >= 15 is 0 Å². The second-order valence-electron chi connectivity index (χ2n) is 9.83. The van der Waals surface area contributed by atoms with Crippen molar-refractivity contribution in [3.05, 3.63) is 59.0 Å². The summed E-state index contributed by atoms with van der Waals surface area (Å²) in [6, 6.07) is 3.90. The van der Waals surface area contributed by atoms with Crippen molar-refractivity contribution in [2.45, 2.75) is 71.6 Å². The average Bonchev–Trinajstić information content (AvgIpc) is 3.12. The zero-order chi connectivity index (χ0) is 27.8. The van der Waals surface area contributed by atoms with Gasteiger partial charge in [-0.2, -0.15) is 26.3 Å². The molecule has 202 valence electrons. The molecule has 0 bridgehead atoms. The summed E-state index contributed by atoms with van der Waals surface area (Å²) in [7, 11) is 0. The maximum Gasteiger partial charge on any atom is 0.416 e. The van der Waals surface area contributed by atoms with Gasteiger partial charge in [0.1, 0.15) is 16.9 Å². The number of ether oxygens (including phenoxy) is 1. The van der Waals surface area contributed by atoms with Gasteiger partial charge in [0.15, 0.2) is 5.65 Å². The Labute approximate surface area is 210 Å². The standard InChI is InChI=1S/C25H28F6N4O2/c1-6-14(2)19(34-22(36)37-23(3,4)5)21-33-18-8-7-9-32-20(18)35(21)13-15-10-16(24(26,27)28)12-17(11-15)25(29,30)31/h7-12,14,19H,6,13H2,1-5H3,(H,34,36). The van der Waals surface area contributed by atoms with Crippen LogP contribution < -0.4 is 5.32 Å². The third kappa shape index (κ3) is 6.92. The number of rotatable bonds is 6. The fraction of sp³-hybridized carbons (Fsp3) is 0.480. The van der Waals surface area contributed by atoms with Crippen LogP contribution in [0.25, 0.3) is 11.2 Å². The fourth-order valence-corrected chi connectivity index (χ4v) is 3.79. The zero-order valence-electron chi connectivity index (χ0n) is 21.0. The Kier molecular flexibility index (Phi) is 7.80. The molecule has 0 radical (unpaired) electrons. The lowest BCUT2D eigenvalue weighted by Crippen LogP contribution is -2.38. The molecule has 2 aromatic heterocycles. The van der Waals surface area contributed by atoms with Gasteiger partial charge in [-0.15, -0.1) is 0 Å². The van der Waals surface area contributed by atoms with Crippen molar-refractivity contribution < 1.29 is 35.9 Å². The minimum Gasteiger partial charge on any atom is -0.444 e. The van der Waals surface area contributed by atoms with Gasteiger partial charge in [0, 0.05) is 6.20 Å². The second-order valence-corrected chi connectivity index (χ2v) is 9.83. The summed E-state index contributed by atoms with van der Waals surface area (Å²) < 4.78 is 87.5. The fourth-order valence-electron chi connectivity index (χ4n) is 3.79. The predicted octanol–water partition coefficient (Wildman–Crippen LogP) is 7.13. The van der Waals surface area contributed by atoms with E-state index in [1.165, 1.54) is 10.8 Å². The van der Waals surface area contributed by atoms with Gasteiger partial charge in [-0.3, -0.25) is 0 Å². The van der Waals surface area contributed by atoms with Crippen molar-refractivity contribution in [3.63, 3.8) is 0 Å². The molecule has 12 heteroatoms. The van der Waals surface area contributed by atoms with Crippen molar-refractivity contribution in [2.75, 3.05) is 0 Å². The zero-order valence-corrected chi connectivity index (χ0v) is 21.0. The molecule has 0 aliphatic heterocycles. The number of amides is 1. The van der Waals surface area contributed by atoms with Gasteiger partial charge < -0.3 is 14.6 Å². The number of carbonyl (C=O) groups is 1. The van der Waals surface area contributed by atoms with Gasteiger partial charge in [0.05, 0.1) is 23.7 Å². The van der Waals surface area contributed by atoms with E-state index in [1.54, 1.807) is 32.9 Å². The number of aromatic nitrogens is 3.